The predicted molar refractivity (Wildman–Crippen MR) is 127 cm³/mol. The molecule has 0 saturated heterocycles. The molecule has 3 aromatic rings. The van der Waals surface area contributed by atoms with Crippen LogP contribution in [0.3, 0.4) is 0 Å². The number of ketones is 1. The van der Waals surface area contributed by atoms with Crippen LogP contribution in [0, 0.1) is 12.3 Å². The number of carbonyl (C=O) groups excluding carboxylic acids is 2. The van der Waals surface area contributed by atoms with Crippen molar-refractivity contribution in [1.29, 1.82) is 0 Å². The largest absolute Gasteiger partial charge is 0.455 e. The van der Waals surface area contributed by atoms with Crippen molar-refractivity contribution >= 4 is 28.8 Å². The van der Waals surface area contributed by atoms with E-state index in [1.54, 1.807) is 24.3 Å². The zero-order valence-corrected chi connectivity index (χ0v) is 18.8. The van der Waals surface area contributed by atoms with Gasteiger partial charge in [0.05, 0.1) is 11.4 Å². The summed E-state index contributed by atoms with van der Waals surface area (Å²) in [5.74, 6) is 0.733. The molecule has 0 fully saturated rings. The Hall–Kier alpha value is -3.67. The van der Waals surface area contributed by atoms with Crippen LogP contribution >= 0.6 is 0 Å². The highest BCUT2D eigenvalue weighted by atomic mass is 16.4. The van der Waals surface area contributed by atoms with Crippen molar-refractivity contribution in [3.8, 4) is 0 Å². The van der Waals surface area contributed by atoms with Gasteiger partial charge in [0.25, 0.3) is 5.91 Å². The van der Waals surface area contributed by atoms with Crippen LogP contribution in [0.1, 0.15) is 65.0 Å². The molecule has 1 heterocycles. The van der Waals surface area contributed by atoms with E-state index in [0.29, 0.717) is 11.3 Å². The summed E-state index contributed by atoms with van der Waals surface area (Å²) < 4.78 is 6.08. The molecule has 1 aliphatic carbocycles. The summed E-state index contributed by atoms with van der Waals surface area (Å²) in [6.45, 7) is 7.74. The zero-order valence-electron chi connectivity index (χ0n) is 18.8. The number of furan rings is 1. The molecule has 0 saturated carbocycles. The van der Waals surface area contributed by atoms with E-state index in [1.165, 1.54) is 6.92 Å². The molecule has 1 amide bonds. The Bertz CT molecular complexity index is 1190. The average Bonchev–Trinajstić information content (AvgIpc) is 3.08. The van der Waals surface area contributed by atoms with Crippen molar-refractivity contribution in [1.82, 2.24) is 0 Å². The topological polar surface area (TPSA) is 83.7 Å². The fourth-order valence-electron chi connectivity index (χ4n) is 4.05. The van der Waals surface area contributed by atoms with Crippen molar-refractivity contribution in [2.24, 2.45) is 10.5 Å². The number of fused-ring (bicyclic) bond motifs is 1. The molecule has 0 spiro atoms. The first kappa shape index (κ1) is 21.6. The summed E-state index contributed by atoms with van der Waals surface area (Å²) in [6.07, 6.45) is 1.50. The SMILES string of the molecule is CC(=O)c1ccc(NC(=O)c2oc3c(c2C)/C(=N\Nc2ccccc2)CC(C)(C)C3)cc1. The number of benzene rings is 2. The molecule has 1 aliphatic rings. The Kier molecular flexibility index (Phi) is 5.70. The number of amides is 1. The molecule has 164 valence electrons. The molecular weight excluding hydrogens is 402 g/mol. The number of para-hydroxylation sites is 1. The van der Waals surface area contributed by atoms with Gasteiger partial charge in [-0.3, -0.25) is 15.0 Å². The number of hydrogen-bond donors (Lipinski definition) is 2. The minimum absolute atomic E-state index is 0.0176. The van der Waals surface area contributed by atoms with E-state index >= 15 is 0 Å². The number of hydrogen-bond acceptors (Lipinski definition) is 5. The van der Waals surface area contributed by atoms with Gasteiger partial charge in [-0.05, 0) is 62.1 Å². The third kappa shape index (κ3) is 4.49. The van der Waals surface area contributed by atoms with Crippen LogP contribution in [-0.2, 0) is 6.42 Å². The molecule has 4 rings (SSSR count). The first-order valence-electron chi connectivity index (χ1n) is 10.7. The molecule has 0 radical (unpaired) electrons. The van der Waals surface area contributed by atoms with Gasteiger partial charge in [0, 0.05) is 28.8 Å². The second kappa shape index (κ2) is 8.46. The number of Topliss-reactive ketones (excluding diaryl/α,β-unsaturated/α-hetero) is 1. The van der Waals surface area contributed by atoms with Crippen molar-refractivity contribution in [3.05, 3.63) is 82.8 Å². The molecule has 0 bridgehead atoms. The van der Waals surface area contributed by atoms with Gasteiger partial charge in [0.2, 0.25) is 0 Å². The van der Waals surface area contributed by atoms with Crippen LogP contribution < -0.4 is 10.7 Å². The van der Waals surface area contributed by atoms with Crippen LogP contribution in [-0.4, -0.2) is 17.4 Å². The molecule has 2 N–H and O–H groups in total. The van der Waals surface area contributed by atoms with Crippen LogP contribution in [0.2, 0.25) is 0 Å². The second-order valence-corrected chi connectivity index (χ2v) is 9.00. The van der Waals surface area contributed by atoms with E-state index in [1.807, 2.05) is 37.3 Å². The van der Waals surface area contributed by atoms with Gasteiger partial charge >= 0.3 is 0 Å². The molecule has 6 nitrogen and oxygen atoms in total. The number of nitrogens with one attached hydrogen (secondary N) is 2. The maximum absolute atomic E-state index is 13.0. The monoisotopic (exact) mass is 429 g/mol. The summed E-state index contributed by atoms with van der Waals surface area (Å²) in [4.78, 5) is 24.5. The van der Waals surface area contributed by atoms with Crippen LogP contribution in [0.15, 0.2) is 64.1 Å². The Morgan fingerprint density at radius 2 is 1.66 bits per heavy atom. The molecule has 2 aromatic carbocycles. The van der Waals surface area contributed by atoms with E-state index in [9.17, 15) is 9.59 Å². The quantitative estimate of drug-likeness (QED) is 0.395. The lowest BCUT2D eigenvalue weighted by molar-refractivity contribution is 0.0991. The Labute approximate surface area is 187 Å². The smallest absolute Gasteiger partial charge is 0.291 e. The lowest BCUT2D eigenvalue weighted by Gasteiger charge is -2.29. The molecule has 0 atom stereocenters. The van der Waals surface area contributed by atoms with Gasteiger partial charge in [-0.15, -0.1) is 0 Å². The lowest BCUT2D eigenvalue weighted by atomic mass is 9.75. The fourth-order valence-corrected chi connectivity index (χ4v) is 4.05. The second-order valence-electron chi connectivity index (χ2n) is 9.00. The third-order valence-electron chi connectivity index (χ3n) is 5.64. The van der Waals surface area contributed by atoms with E-state index < -0.39 is 0 Å². The fraction of sp³-hybridized carbons (Fsp3) is 0.269. The molecule has 0 unspecified atom stereocenters. The minimum Gasteiger partial charge on any atom is -0.455 e. The molecule has 6 heteroatoms. The highest BCUT2D eigenvalue weighted by molar-refractivity contribution is 6.09. The van der Waals surface area contributed by atoms with Gasteiger partial charge in [0.1, 0.15) is 5.76 Å². The first-order chi connectivity index (χ1) is 15.2. The number of carbonyl (C=O) groups is 2. The van der Waals surface area contributed by atoms with E-state index in [2.05, 4.69) is 29.7 Å². The third-order valence-corrected chi connectivity index (χ3v) is 5.64. The summed E-state index contributed by atoms with van der Waals surface area (Å²) >= 11 is 0. The maximum Gasteiger partial charge on any atom is 0.291 e. The molecule has 1 aromatic heterocycles. The zero-order chi connectivity index (χ0) is 22.9. The highest BCUT2D eigenvalue weighted by Gasteiger charge is 2.36. The summed E-state index contributed by atoms with van der Waals surface area (Å²) in [5.41, 5.74) is 7.77. The summed E-state index contributed by atoms with van der Waals surface area (Å²) in [5, 5.41) is 7.55. The van der Waals surface area contributed by atoms with Gasteiger partial charge in [-0.1, -0.05) is 32.0 Å². The van der Waals surface area contributed by atoms with Crippen LogP contribution in [0.4, 0.5) is 11.4 Å². The van der Waals surface area contributed by atoms with Crippen LogP contribution in [0.25, 0.3) is 0 Å². The van der Waals surface area contributed by atoms with E-state index in [4.69, 9.17) is 4.42 Å². The van der Waals surface area contributed by atoms with Crippen molar-refractivity contribution < 1.29 is 14.0 Å². The van der Waals surface area contributed by atoms with E-state index in [0.717, 1.165) is 41.1 Å². The summed E-state index contributed by atoms with van der Waals surface area (Å²) in [6, 6.07) is 16.6. The highest BCUT2D eigenvalue weighted by Crippen LogP contribution is 2.39. The normalized spacial score (nSPS) is 15.8. The summed E-state index contributed by atoms with van der Waals surface area (Å²) in [7, 11) is 0. The Morgan fingerprint density at radius 3 is 2.31 bits per heavy atom. The standard InChI is InChI=1S/C26H27N3O3/c1-16-23-21(29-28-20-8-6-5-7-9-20)14-26(3,4)15-22(23)32-24(16)25(31)27-19-12-10-18(11-13-19)17(2)30/h5-13,28H,14-15H2,1-4H3,(H,27,31)/b29-21-. The van der Waals surface area contributed by atoms with Gasteiger partial charge in [-0.2, -0.15) is 5.10 Å². The lowest BCUT2D eigenvalue weighted by Crippen LogP contribution is -2.27. The van der Waals surface area contributed by atoms with E-state index in [-0.39, 0.29) is 22.9 Å². The maximum atomic E-state index is 13.0. The Balaban J connectivity index is 1.63. The van der Waals surface area contributed by atoms with Gasteiger partial charge in [0.15, 0.2) is 11.5 Å². The van der Waals surface area contributed by atoms with Gasteiger partial charge in [-0.25, -0.2) is 0 Å². The average molecular weight is 430 g/mol. The first-order valence-corrected chi connectivity index (χ1v) is 10.7. The molecule has 0 aliphatic heterocycles. The van der Waals surface area contributed by atoms with Crippen molar-refractivity contribution in [2.45, 2.75) is 40.5 Å². The number of nitrogens with zero attached hydrogens (tertiary/aromatic N) is 1. The van der Waals surface area contributed by atoms with Crippen LogP contribution in [0.5, 0.6) is 0 Å². The molecular formula is C26H27N3O3. The number of anilines is 2. The number of rotatable bonds is 5. The Morgan fingerprint density at radius 1 is 0.969 bits per heavy atom. The molecule has 32 heavy (non-hydrogen) atoms. The van der Waals surface area contributed by atoms with Crippen molar-refractivity contribution in [3.63, 3.8) is 0 Å². The minimum atomic E-state index is -0.319. The number of hydrazone groups is 1. The predicted octanol–water partition coefficient (Wildman–Crippen LogP) is 5.83. The van der Waals surface area contributed by atoms with Crippen molar-refractivity contribution in [2.75, 3.05) is 10.7 Å². The van der Waals surface area contributed by atoms with Gasteiger partial charge < -0.3 is 9.73 Å².